The number of ether oxygens (including phenoxy) is 1. The lowest BCUT2D eigenvalue weighted by Gasteiger charge is -2.48. The van der Waals surface area contributed by atoms with Crippen molar-refractivity contribution in [2.24, 2.45) is 0 Å². The first-order chi connectivity index (χ1) is 10.2. The second kappa shape index (κ2) is 4.97. The number of aromatic nitrogens is 2. The number of rotatable bonds is 0. The number of anilines is 1. The fraction of sp³-hybridized carbons (Fsp3) is 0.714. The van der Waals surface area contributed by atoms with Crippen molar-refractivity contribution in [3.05, 3.63) is 11.8 Å². The summed E-state index contributed by atoms with van der Waals surface area (Å²) in [5, 5.41) is 7.08. The van der Waals surface area contributed by atoms with Gasteiger partial charge in [0.2, 0.25) is 0 Å². The monoisotopic (exact) mass is 316 g/mol. The summed E-state index contributed by atoms with van der Waals surface area (Å²) >= 11 is 0. The van der Waals surface area contributed by atoms with Crippen LogP contribution in [0.4, 0.5) is 19.0 Å². The molecule has 0 saturated carbocycles. The normalized spacial score (nSPS) is 22.8. The third-order valence-corrected chi connectivity index (χ3v) is 4.17. The Morgan fingerprint density at radius 2 is 1.91 bits per heavy atom. The van der Waals surface area contributed by atoms with E-state index in [0.717, 1.165) is 19.2 Å². The van der Waals surface area contributed by atoms with Gasteiger partial charge >= 0.3 is 6.18 Å². The Labute approximate surface area is 127 Å². The van der Waals surface area contributed by atoms with Crippen molar-refractivity contribution in [1.29, 1.82) is 0 Å². The average molecular weight is 316 g/mol. The smallest absolute Gasteiger partial charge is 0.435 e. The van der Waals surface area contributed by atoms with Gasteiger partial charge in [0.25, 0.3) is 0 Å². The minimum Gasteiger partial charge on any atom is -0.487 e. The molecule has 1 atom stereocenters. The van der Waals surface area contributed by atoms with Gasteiger partial charge in [-0.05, 0) is 20.8 Å². The van der Waals surface area contributed by atoms with Crippen LogP contribution in [-0.2, 0) is 6.18 Å². The molecule has 122 valence electrons. The van der Waals surface area contributed by atoms with Gasteiger partial charge in [-0.1, -0.05) is 0 Å². The third-order valence-electron chi connectivity index (χ3n) is 4.17. The van der Waals surface area contributed by atoms with Crippen LogP contribution < -0.4 is 9.64 Å². The summed E-state index contributed by atoms with van der Waals surface area (Å²) in [4.78, 5) is 4.36. The fourth-order valence-corrected chi connectivity index (χ4v) is 2.88. The van der Waals surface area contributed by atoms with Gasteiger partial charge in [-0.3, -0.25) is 4.90 Å². The van der Waals surface area contributed by atoms with E-state index in [4.69, 9.17) is 4.74 Å². The minimum atomic E-state index is -4.51. The van der Waals surface area contributed by atoms with Crippen molar-refractivity contribution in [2.75, 3.05) is 31.1 Å². The quantitative estimate of drug-likeness (QED) is 0.734. The number of hydrogen-bond donors (Lipinski definition) is 0. The Hall–Kier alpha value is -1.57. The van der Waals surface area contributed by atoms with E-state index in [1.807, 2.05) is 4.90 Å². The first kappa shape index (κ1) is 15.3. The SMILES string of the molecule is CC(C)(C)N1CCN2c3nnc(C(F)(F)F)cc3OC[C@H]2C1. The summed E-state index contributed by atoms with van der Waals surface area (Å²) < 4.78 is 43.6. The van der Waals surface area contributed by atoms with Gasteiger partial charge in [-0.2, -0.15) is 13.2 Å². The van der Waals surface area contributed by atoms with Crippen molar-refractivity contribution in [1.82, 2.24) is 15.1 Å². The Morgan fingerprint density at radius 1 is 1.18 bits per heavy atom. The van der Waals surface area contributed by atoms with Crippen LogP contribution in [0.3, 0.4) is 0 Å². The maximum absolute atomic E-state index is 12.7. The van der Waals surface area contributed by atoms with Crippen LogP contribution in [0.1, 0.15) is 26.5 Å². The molecule has 2 aliphatic rings. The number of fused-ring (bicyclic) bond motifs is 3. The van der Waals surface area contributed by atoms with E-state index in [1.54, 1.807) is 0 Å². The molecule has 0 aromatic carbocycles. The number of halogens is 3. The van der Waals surface area contributed by atoms with E-state index in [1.165, 1.54) is 0 Å². The van der Waals surface area contributed by atoms with E-state index >= 15 is 0 Å². The lowest BCUT2D eigenvalue weighted by Crippen LogP contribution is -2.61. The van der Waals surface area contributed by atoms with Gasteiger partial charge in [-0.25, -0.2) is 0 Å². The van der Waals surface area contributed by atoms with Crippen LogP contribution in [-0.4, -0.2) is 52.9 Å². The lowest BCUT2D eigenvalue weighted by molar-refractivity contribution is -0.141. The highest BCUT2D eigenvalue weighted by molar-refractivity contribution is 5.55. The molecule has 0 aliphatic carbocycles. The number of alkyl halides is 3. The molecule has 5 nitrogen and oxygen atoms in total. The molecule has 2 aliphatic heterocycles. The molecular weight excluding hydrogens is 297 g/mol. The van der Waals surface area contributed by atoms with E-state index < -0.39 is 11.9 Å². The second-order valence-corrected chi connectivity index (χ2v) is 6.69. The van der Waals surface area contributed by atoms with Crippen LogP contribution >= 0.6 is 0 Å². The molecule has 22 heavy (non-hydrogen) atoms. The van der Waals surface area contributed by atoms with Crippen molar-refractivity contribution in [2.45, 2.75) is 38.5 Å². The van der Waals surface area contributed by atoms with Gasteiger partial charge in [0, 0.05) is 31.2 Å². The van der Waals surface area contributed by atoms with Crippen LogP contribution in [0.5, 0.6) is 5.75 Å². The Balaban J connectivity index is 1.84. The molecule has 8 heteroatoms. The summed E-state index contributed by atoms with van der Waals surface area (Å²) in [6.07, 6.45) is -4.51. The van der Waals surface area contributed by atoms with Crippen LogP contribution in [0.2, 0.25) is 0 Å². The third kappa shape index (κ3) is 2.71. The molecule has 3 heterocycles. The van der Waals surface area contributed by atoms with E-state index in [-0.39, 0.29) is 17.3 Å². The number of hydrogen-bond acceptors (Lipinski definition) is 5. The number of piperazine rings is 1. The van der Waals surface area contributed by atoms with Crippen molar-refractivity contribution >= 4 is 5.82 Å². The summed E-state index contributed by atoms with van der Waals surface area (Å²) in [5.41, 5.74) is -0.962. The molecular formula is C14H19F3N4O. The summed E-state index contributed by atoms with van der Waals surface area (Å²) in [6, 6.07) is 1.03. The highest BCUT2D eigenvalue weighted by Crippen LogP contribution is 2.37. The molecule has 3 rings (SSSR count). The Bertz CT molecular complexity index is 570. The van der Waals surface area contributed by atoms with E-state index in [9.17, 15) is 13.2 Å². The number of nitrogens with zero attached hydrogens (tertiary/aromatic N) is 4. The van der Waals surface area contributed by atoms with Gasteiger partial charge in [0.05, 0.1) is 6.04 Å². The van der Waals surface area contributed by atoms with Gasteiger partial charge in [-0.15, -0.1) is 10.2 Å². The zero-order valence-electron chi connectivity index (χ0n) is 12.8. The molecule has 0 N–H and O–H groups in total. The standard InChI is InChI=1S/C14H19F3N4O/c1-13(2,3)20-4-5-21-9(7-20)8-22-10-6-11(14(15,16)17)18-19-12(10)21/h6,9H,4-5,7-8H2,1-3H3/t9-/m1/s1. The van der Waals surface area contributed by atoms with Crippen molar-refractivity contribution in [3.8, 4) is 5.75 Å². The van der Waals surface area contributed by atoms with Crippen LogP contribution in [0.15, 0.2) is 6.07 Å². The first-order valence-electron chi connectivity index (χ1n) is 7.25. The second-order valence-electron chi connectivity index (χ2n) is 6.69. The van der Waals surface area contributed by atoms with E-state index in [2.05, 4.69) is 35.9 Å². The fourth-order valence-electron chi connectivity index (χ4n) is 2.88. The van der Waals surface area contributed by atoms with Gasteiger partial charge < -0.3 is 9.64 Å². The molecule has 1 aromatic rings. The minimum absolute atomic E-state index is 0.0538. The first-order valence-corrected chi connectivity index (χ1v) is 7.25. The van der Waals surface area contributed by atoms with E-state index in [0.29, 0.717) is 19.0 Å². The van der Waals surface area contributed by atoms with Crippen molar-refractivity contribution in [3.63, 3.8) is 0 Å². The van der Waals surface area contributed by atoms with Crippen LogP contribution in [0.25, 0.3) is 0 Å². The summed E-state index contributed by atoms with van der Waals surface area (Å²) in [5.74, 6) is 0.584. The van der Waals surface area contributed by atoms with Gasteiger partial charge in [0.1, 0.15) is 6.61 Å². The maximum atomic E-state index is 12.7. The zero-order chi connectivity index (χ0) is 16.1. The Morgan fingerprint density at radius 3 is 2.55 bits per heavy atom. The molecule has 1 saturated heterocycles. The molecule has 1 aromatic heterocycles. The molecule has 0 unspecified atom stereocenters. The zero-order valence-corrected chi connectivity index (χ0v) is 12.8. The van der Waals surface area contributed by atoms with Crippen LogP contribution in [0, 0.1) is 0 Å². The summed E-state index contributed by atoms with van der Waals surface area (Å²) in [7, 11) is 0. The molecule has 1 fully saturated rings. The lowest BCUT2D eigenvalue weighted by atomic mass is 10.0. The predicted molar refractivity (Wildman–Crippen MR) is 75.0 cm³/mol. The highest BCUT2D eigenvalue weighted by atomic mass is 19.4. The summed E-state index contributed by atoms with van der Waals surface area (Å²) in [6.45, 7) is 9.15. The predicted octanol–water partition coefficient (Wildman–Crippen LogP) is 2.18. The largest absolute Gasteiger partial charge is 0.487 e. The average Bonchev–Trinajstić information content (AvgIpc) is 2.44. The van der Waals surface area contributed by atoms with Gasteiger partial charge in [0.15, 0.2) is 17.3 Å². The maximum Gasteiger partial charge on any atom is 0.435 e. The topological polar surface area (TPSA) is 41.5 Å². The molecule has 0 amide bonds. The highest BCUT2D eigenvalue weighted by Gasteiger charge is 2.40. The Kier molecular flexibility index (Phi) is 3.47. The molecule has 0 radical (unpaired) electrons. The van der Waals surface area contributed by atoms with Crippen molar-refractivity contribution < 1.29 is 17.9 Å². The molecule has 0 spiro atoms. The molecule has 0 bridgehead atoms.